The third-order valence-corrected chi connectivity index (χ3v) is 2.82. The Labute approximate surface area is 72.3 Å². The van der Waals surface area contributed by atoms with Crippen molar-refractivity contribution in [2.75, 3.05) is 12.3 Å². The van der Waals surface area contributed by atoms with E-state index in [1.165, 1.54) is 0 Å². The summed E-state index contributed by atoms with van der Waals surface area (Å²) in [5.41, 5.74) is 0. The third-order valence-electron chi connectivity index (χ3n) is 1.84. The molecule has 1 radical (unpaired) electrons. The molecule has 0 aromatic rings. The van der Waals surface area contributed by atoms with Crippen LogP contribution >= 0.6 is 0 Å². The summed E-state index contributed by atoms with van der Waals surface area (Å²) in [5, 5.41) is 2.64. The quantitative estimate of drug-likeness (QED) is 0.651. The molecule has 0 aliphatic carbocycles. The number of carbonyl (C=O) groups is 1. The highest BCUT2D eigenvalue weighted by molar-refractivity contribution is 7.92. The zero-order valence-electron chi connectivity index (χ0n) is 6.75. The zero-order chi connectivity index (χ0) is 9.19. The van der Waals surface area contributed by atoms with Gasteiger partial charge in [0.2, 0.25) is 5.91 Å². The number of nitrogens with one attached hydrogen (secondary N) is 1. The van der Waals surface area contributed by atoms with Gasteiger partial charge in [0.25, 0.3) is 0 Å². The van der Waals surface area contributed by atoms with Gasteiger partial charge in [0.05, 0.1) is 12.0 Å². The molecule has 1 saturated heterocycles. The number of rotatable bonds is 2. The second-order valence-corrected chi connectivity index (χ2v) is 4.94. The Morgan fingerprint density at radius 2 is 2.25 bits per heavy atom. The largest absolute Gasteiger partial charge is 0.356 e. The number of hydrogen-bond donors (Lipinski definition) is 1. The van der Waals surface area contributed by atoms with Crippen LogP contribution in [0.1, 0.15) is 12.8 Å². The average molecular weight is 190 g/mol. The lowest BCUT2D eigenvalue weighted by molar-refractivity contribution is -0.123. The molecule has 1 heterocycles. The van der Waals surface area contributed by atoms with E-state index in [1.807, 2.05) is 0 Å². The highest BCUT2D eigenvalue weighted by Crippen LogP contribution is 2.14. The summed E-state index contributed by atoms with van der Waals surface area (Å²) in [6, 6.07) is 0. The van der Waals surface area contributed by atoms with Crippen molar-refractivity contribution < 1.29 is 13.2 Å². The molecule has 0 spiro atoms. The maximum Gasteiger partial charge on any atom is 0.220 e. The Morgan fingerprint density at radius 1 is 1.58 bits per heavy atom. The summed E-state index contributed by atoms with van der Waals surface area (Å²) < 4.78 is 21.5. The van der Waals surface area contributed by atoms with Crippen LogP contribution in [0.2, 0.25) is 0 Å². The fourth-order valence-corrected chi connectivity index (χ4v) is 2.36. The molecule has 0 saturated carbocycles. The van der Waals surface area contributed by atoms with Gasteiger partial charge < -0.3 is 5.32 Å². The third kappa shape index (κ3) is 3.21. The Morgan fingerprint density at radius 3 is 2.75 bits per heavy atom. The fraction of sp³-hybridized carbons (Fsp3) is 0.714. The van der Waals surface area contributed by atoms with E-state index in [1.54, 1.807) is 0 Å². The summed E-state index contributed by atoms with van der Waals surface area (Å²) in [6.45, 7) is 0.582. The minimum atomic E-state index is -3.18. The van der Waals surface area contributed by atoms with Crippen LogP contribution in [-0.4, -0.2) is 26.6 Å². The van der Waals surface area contributed by atoms with Crippen molar-refractivity contribution >= 4 is 15.7 Å². The molecule has 1 aliphatic rings. The normalized spacial score (nSPS) is 25.1. The maximum absolute atomic E-state index is 10.8. The van der Waals surface area contributed by atoms with Gasteiger partial charge in [0, 0.05) is 13.0 Å². The SMILES string of the molecule is [CH2]S(=O)(=O)CC1CCNC(=O)C1. The highest BCUT2D eigenvalue weighted by Gasteiger charge is 2.22. The fourth-order valence-electron chi connectivity index (χ4n) is 1.35. The van der Waals surface area contributed by atoms with Gasteiger partial charge in [-0.3, -0.25) is 4.79 Å². The van der Waals surface area contributed by atoms with E-state index < -0.39 is 9.84 Å². The lowest BCUT2D eigenvalue weighted by Crippen LogP contribution is -2.35. The second kappa shape index (κ2) is 3.43. The molecule has 1 amide bonds. The summed E-state index contributed by atoms with van der Waals surface area (Å²) in [4.78, 5) is 10.8. The van der Waals surface area contributed by atoms with E-state index >= 15 is 0 Å². The molecule has 69 valence electrons. The van der Waals surface area contributed by atoms with Crippen LogP contribution in [0.25, 0.3) is 0 Å². The lowest BCUT2D eigenvalue weighted by Gasteiger charge is -2.20. The standard InChI is InChI=1S/C7H12NO3S/c1-12(10,11)5-6-2-3-8-7(9)4-6/h6H,1-5H2,(H,8,9). The molecule has 1 rings (SSSR count). The van der Waals surface area contributed by atoms with E-state index in [0.29, 0.717) is 13.0 Å². The van der Waals surface area contributed by atoms with E-state index in [2.05, 4.69) is 11.6 Å². The first-order valence-corrected chi connectivity index (χ1v) is 5.62. The molecule has 5 heteroatoms. The molecule has 12 heavy (non-hydrogen) atoms. The Balaban J connectivity index is 2.48. The molecule has 0 aromatic heterocycles. The first-order chi connectivity index (χ1) is 5.47. The van der Waals surface area contributed by atoms with E-state index in [4.69, 9.17) is 0 Å². The van der Waals surface area contributed by atoms with Gasteiger partial charge >= 0.3 is 0 Å². The molecule has 4 nitrogen and oxygen atoms in total. The first kappa shape index (κ1) is 9.51. The molecular weight excluding hydrogens is 178 g/mol. The summed E-state index contributed by atoms with van der Waals surface area (Å²) in [7, 11) is -3.18. The maximum atomic E-state index is 10.8. The van der Waals surface area contributed by atoms with Crippen LogP contribution < -0.4 is 5.32 Å². The van der Waals surface area contributed by atoms with Gasteiger partial charge in [-0.05, 0) is 12.3 Å². The van der Waals surface area contributed by atoms with Crippen molar-refractivity contribution in [1.82, 2.24) is 5.32 Å². The predicted octanol–water partition coefficient (Wildman–Crippen LogP) is -0.281. The number of carbonyl (C=O) groups excluding carboxylic acids is 1. The first-order valence-electron chi connectivity index (χ1n) is 3.80. The molecule has 1 aliphatic heterocycles. The van der Waals surface area contributed by atoms with Gasteiger partial charge in [0.15, 0.2) is 9.84 Å². The van der Waals surface area contributed by atoms with E-state index in [9.17, 15) is 13.2 Å². The molecular formula is C7H12NO3S. The molecule has 1 unspecified atom stereocenters. The minimum Gasteiger partial charge on any atom is -0.356 e. The van der Waals surface area contributed by atoms with Crippen LogP contribution in [0, 0.1) is 12.2 Å². The monoisotopic (exact) mass is 190 g/mol. The van der Waals surface area contributed by atoms with Gasteiger partial charge in [0.1, 0.15) is 0 Å². The van der Waals surface area contributed by atoms with Gasteiger partial charge in [-0.1, -0.05) is 0 Å². The summed E-state index contributed by atoms with van der Waals surface area (Å²) >= 11 is 0. The number of amides is 1. The molecule has 1 N–H and O–H groups in total. The van der Waals surface area contributed by atoms with Crippen molar-refractivity contribution in [1.29, 1.82) is 0 Å². The molecule has 1 fully saturated rings. The van der Waals surface area contributed by atoms with Gasteiger partial charge in [-0.25, -0.2) is 8.42 Å². The van der Waals surface area contributed by atoms with E-state index in [-0.39, 0.29) is 17.6 Å². The van der Waals surface area contributed by atoms with Crippen LogP contribution in [0.5, 0.6) is 0 Å². The summed E-state index contributed by atoms with van der Waals surface area (Å²) in [6.07, 6.45) is 4.08. The topological polar surface area (TPSA) is 63.2 Å². The van der Waals surface area contributed by atoms with Gasteiger partial charge in [-0.15, -0.1) is 0 Å². The Bertz CT molecular complexity index is 270. The predicted molar refractivity (Wildman–Crippen MR) is 44.9 cm³/mol. The number of sulfone groups is 1. The Hall–Kier alpha value is -0.580. The summed E-state index contributed by atoms with van der Waals surface area (Å²) in [5.74, 6) is -0.0726. The molecule has 1 atom stereocenters. The Kier molecular flexibility index (Phi) is 2.72. The average Bonchev–Trinajstić information content (AvgIpc) is 1.82. The van der Waals surface area contributed by atoms with Crippen LogP contribution in [0.15, 0.2) is 0 Å². The van der Waals surface area contributed by atoms with Crippen LogP contribution in [-0.2, 0) is 14.6 Å². The smallest absolute Gasteiger partial charge is 0.220 e. The second-order valence-electron chi connectivity index (χ2n) is 3.12. The number of hydrogen-bond acceptors (Lipinski definition) is 3. The lowest BCUT2D eigenvalue weighted by atomic mass is 10.0. The van der Waals surface area contributed by atoms with Crippen molar-refractivity contribution in [2.24, 2.45) is 5.92 Å². The minimum absolute atomic E-state index is 0.0282. The van der Waals surface area contributed by atoms with Crippen LogP contribution in [0.3, 0.4) is 0 Å². The number of piperidine rings is 1. The van der Waals surface area contributed by atoms with Crippen molar-refractivity contribution in [3.63, 3.8) is 0 Å². The van der Waals surface area contributed by atoms with Crippen molar-refractivity contribution in [3.05, 3.63) is 6.26 Å². The zero-order valence-corrected chi connectivity index (χ0v) is 7.56. The van der Waals surface area contributed by atoms with E-state index in [0.717, 1.165) is 6.42 Å². The van der Waals surface area contributed by atoms with Crippen molar-refractivity contribution in [3.8, 4) is 0 Å². The van der Waals surface area contributed by atoms with Gasteiger partial charge in [-0.2, -0.15) is 0 Å². The molecule has 0 bridgehead atoms. The molecule has 0 aromatic carbocycles. The van der Waals surface area contributed by atoms with Crippen molar-refractivity contribution in [2.45, 2.75) is 12.8 Å². The van der Waals surface area contributed by atoms with Crippen LogP contribution in [0.4, 0.5) is 0 Å². The highest BCUT2D eigenvalue weighted by atomic mass is 32.2.